The highest BCUT2D eigenvalue weighted by atomic mass is 16.5. The summed E-state index contributed by atoms with van der Waals surface area (Å²) in [7, 11) is 4.30. The number of ether oxygens (including phenoxy) is 3. The van der Waals surface area contributed by atoms with Crippen LogP contribution < -0.4 is 24.4 Å². The molecule has 0 aromatic heterocycles. The molecule has 0 fully saturated rings. The summed E-state index contributed by atoms with van der Waals surface area (Å²) in [6.07, 6.45) is 0.336. The van der Waals surface area contributed by atoms with Gasteiger partial charge < -0.3 is 19.5 Å². The Morgan fingerprint density at radius 1 is 1.00 bits per heavy atom. The van der Waals surface area contributed by atoms with Crippen LogP contribution in [0.4, 0.5) is 5.69 Å². The number of methoxy groups -OCH3 is 3. The molecule has 2 aromatic carbocycles. The molecule has 1 atom stereocenters. The van der Waals surface area contributed by atoms with Gasteiger partial charge in [0.15, 0.2) is 11.5 Å². The number of fused-ring (bicyclic) bond motifs is 1. The maximum Gasteiger partial charge on any atom is 0.300 e. The van der Waals surface area contributed by atoms with Crippen LogP contribution in [0.3, 0.4) is 0 Å². The van der Waals surface area contributed by atoms with E-state index in [-0.39, 0.29) is 29.0 Å². The fourth-order valence-electron chi connectivity index (χ4n) is 3.67. The zero-order valence-electron chi connectivity index (χ0n) is 18.2. The van der Waals surface area contributed by atoms with Crippen LogP contribution in [0.15, 0.2) is 36.4 Å². The summed E-state index contributed by atoms with van der Waals surface area (Å²) in [5, 5.41) is 2.83. The van der Waals surface area contributed by atoms with E-state index in [1.165, 1.54) is 38.4 Å². The summed E-state index contributed by atoms with van der Waals surface area (Å²) in [6.45, 7) is 3.68. The number of carbonyl (C=O) groups is 3. The van der Waals surface area contributed by atoms with Gasteiger partial charge in [0.25, 0.3) is 11.7 Å². The van der Waals surface area contributed by atoms with Crippen molar-refractivity contribution in [1.82, 2.24) is 5.32 Å². The lowest BCUT2D eigenvalue weighted by Gasteiger charge is -2.25. The summed E-state index contributed by atoms with van der Waals surface area (Å²) in [5.41, 5.74) is 1.46. The molecule has 0 saturated carbocycles. The minimum Gasteiger partial charge on any atom is -0.493 e. The first-order chi connectivity index (χ1) is 14.8. The largest absolute Gasteiger partial charge is 0.493 e. The van der Waals surface area contributed by atoms with Gasteiger partial charge in [-0.1, -0.05) is 18.2 Å². The molecule has 0 spiro atoms. The number of carbonyl (C=O) groups excluding carboxylic acids is 3. The summed E-state index contributed by atoms with van der Waals surface area (Å²) < 4.78 is 15.9. The Labute approximate surface area is 181 Å². The molecule has 31 heavy (non-hydrogen) atoms. The number of nitrogens with one attached hydrogen (secondary N) is 1. The number of Topliss-reactive ketones (excluding diaryl/α,β-unsaturated/α-hetero) is 1. The number of hydrogen-bond donors (Lipinski definition) is 1. The molecule has 1 aliphatic heterocycles. The second-order valence-corrected chi connectivity index (χ2v) is 7.43. The molecule has 8 heteroatoms. The first kappa shape index (κ1) is 22.1. The second-order valence-electron chi connectivity index (χ2n) is 7.43. The maximum absolute atomic E-state index is 13.3. The number of nitrogens with zero attached hydrogens (tertiary/aromatic N) is 1. The van der Waals surface area contributed by atoms with Crippen molar-refractivity contribution >= 4 is 23.3 Å². The van der Waals surface area contributed by atoms with Crippen molar-refractivity contribution in [3.05, 3.63) is 47.5 Å². The molecule has 0 aliphatic carbocycles. The van der Waals surface area contributed by atoms with Gasteiger partial charge in [0.2, 0.25) is 11.7 Å². The van der Waals surface area contributed by atoms with Crippen molar-refractivity contribution in [2.24, 2.45) is 0 Å². The lowest BCUT2D eigenvalue weighted by atomic mass is 10.1. The topological polar surface area (TPSA) is 94.2 Å². The van der Waals surface area contributed by atoms with Crippen LogP contribution in [-0.2, 0) is 16.0 Å². The van der Waals surface area contributed by atoms with Gasteiger partial charge in [-0.2, -0.15) is 0 Å². The number of anilines is 1. The van der Waals surface area contributed by atoms with Crippen LogP contribution in [0, 0.1) is 0 Å². The van der Waals surface area contributed by atoms with E-state index < -0.39 is 17.7 Å². The van der Waals surface area contributed by atoms with Crippen molar-refractivity contribution in [2.45, 2.75) is 32.4 Å². The van der Waals surface area contributed by atoms with Crippen LogP contribution in [-0.4, -0.2) is 51.0 Å². The predicted molar refractivity (Wildman–Crippen MR) is 115 cm³/mol. The Morgan fingerprint density at radius 2 is 1.61 bits per heavy atom. The third-order valence-electron chi connectivity index (χ3n) is 5.05. The molecule has 164 valence electrons. The number of rotatable bonds is 7. The van der Waals surface area contributed by atoms with Gasteiger partial charge in [0, 0.05) is 23.7 Å². The molecule has 8 nitrogen and oxygen atoms in total. The number of hydrogen-bond acceptors (Lipinski definition) is 6. The highest BCUT2D eigenvalue weighted by Gasteiger charge is 2.41. The van der Waals surface area contributed by atoms with Gasteiger partial charge >= 0.3 is 0 Å². The standard InChI is InChI=1S/C23H26N2O6/c1-13(2)24-22(27)17-10-14-8-6-7-9-16(14)25(17)23(28)20(26)15-11-18(29-3)21(31-5)19(12-15)30-4/h6-9,11-13,17H,10H2,1-5H3,(H,24,27). The quantitative estimate of drug-likeness (QED) is 0.540. The third kappa shape index (κ3) is 4.19. The lowest BCUT2D eigenvalue weighted by molar-refractivity contribution is -0.125. The molecular weight excluding hydrogens is 400 g/mol. The van der Waals surface area contributed by atoms with Crippen LogP contribution in [0.2, 0.25) is 0 Å². The normalized spacial score (nSPS) is 14.8. The molecule has 1 aliphatic rings. The van der Waals surface area contributed by atoms with E-state index >= 15 is 0 Å². The Morgan fingerprint density at radius 3 is 2.16 bits per heavy atom. The SMILES string of the molecule is COc1cc(C(=O)C(=O)N2c3ccccc3CC2C(=O)NC(C)C)cc(OC)c1OC. The van der Waals surface area contributed by atoms with Crippen LogP contribution >= 0.6 is 0 Å². The molecule has 1 unspecified atom stereocenters. The molecule has 2 aromatic rings. The average Bonchev–Trinajstić information content (AvgIpc) is 3.16. The van der Waals surface area contributed by atoms with E-state index in [1.807, 2.05) is 26.0 Å². The van der Waals surface area contributed by atoms with E-state index in [0.29, 0.717) is 17.9 Å². The predicted octanol–water partition coefficient (Wildman–Crippen LogP) is 2.38. The summed E-state index contributed by atoms with van der Waals surface area (Å²) in [6, 6.07) is 9.13. The van der Waals surface area contributed by atoms with Crippen molar-refractivity contribution < 1.29 is 28.6 Å². The molecule has 3 rings (SSSR count). The molecule has 0 radical (unpaired) electrons. The van der Waals surface area contributed by atoms with Crippen molar-refractivity contribution in [3.8, 4) is 17.2 Å². The highest BCUT2D eigenvalue weighted by Crippen LogP contribution is 2.39. The maximum atomic E-state index is 13.3. The fourth-order valence-corrected chi connectivity index (χ4v) is 3.67. The third-order valence-corrected chi connectivity index (χ3v) is 5.05. The van der Waals surface area contributed by atoms with Crippen molar-refractivity contribution in [3.63, 3.8) is 0 Å². The van der Waals surface area contributed by atoms with E-state index in [2.05, 4.69) is 5.32 Å². The number of amides is 2. The smallest absolute Gasteiger partial charge is 0.300 e. The van der Waals surface area contributed by atoms with Gasteiger partial charge in [-0.3, -0.25) is 19.3 Å². The van der Waals surface area contributed by atoms with Crippen molar-refractivity contribution in [1.29, 1.82) is 0 Å². The molecule has 2 amide bonds. The Hall–Kier alpha value is -3.55. The van der Waals surface area contributed by atoms with E-state index in [0.717, 1.165) is 5.56 Å². The van der Waals surface area contributed by atoms with E-state index in [4.69, 9.17) is 14.2 Å². The molecule has 0 saturated heterocycles. The number of ketones is 1. The Balaban J connectivity index is 2.01. The average molecular weight is 426 g/mol. The first-order valence-electron chi connectivity index (χ1n) is 9.88. The molecular formula is C23H26N2O6. The minimum atomic E-state index is -0.807. The van der Waals surface area contributed by atoms with Gasteiger partial charge in [0.1, 0.15) is 6.04 Å². The highest BCUT2D eigenvalue weighted by molar-refractivity contribution is 6.48. The van der Waals surface area contributed by atoms with E-state index in [1.54, 1.807) is 12.1 Å². The van der Waals surface area contributed by atoms with Gasteiger partial charge in [0.05, 0.1) is 21.3 Å². The lowest BCUT2D eigenvalue weighted by Crippen LogP contribution is -2.51. The van der Waals surface area contributed by atoms with Gasteiger partial charge in [-0.25, -0.2) is 0 Å². The van der Waals surface area contributed by atoms with Crippen molar-refractivity contribution in [2.75, 3.05) is 26.2 Å². The van der Waals surface area contributed by atoms with Gasteiger partial charge in [-0.15, -0.1) is 0 Å². The minimum absolute atomic E-state index is 0.0758. The molecule has 1 heterocycles. The zero-order chi connectivity index (χ0) is 22.7. The summed E-state index contributed by atoms with van der Waals surface area (Å²) in [4.78, 5) is 40.6. The Bertz CT molecular complexity index is 992. The van der Waals surface area contributed by atoms with Gasteiger partial charge in [-0.05, 0) is 37.6 Å². The van der Waals surface area contributed by atoms with Crippen LogP contribution in [0.5, 0.6) is 17.2 Å². The Kier molecular flexibility index (Phi) is 6.48. The second kappa shape index (κ2) is 9.07. The summed E-state index contributed by atoms with van der Waals surface area (Å²) >= 11 is 0. The van der Waals surface area contributed by atoms with E-state index in [9.17, 15) is 14.4 Å². The molecule has 1 N–H and O–H groups in total. The van der Waals surface area contributed by atoms with Crippen LogP contribution in [0.25, 0.3) is 0 Å². The van der Waals surface area contributed by atoms with Crippen LogP contribution in [0.1, 0.15) is 29.8 Å². The monoisotopic (exact) mass is 426 g/mol. The summed E-state index contributed by atoms with van der Waals surface area (Å²) in [5.74, 6) is -1.06. The zero-order valence-corrected chi connectivity index (χ0v) is 18.2. The number of para-hydroxylation sites is 1. The molecule has 0 bridgehead atoms. The first-order valence-corrected chi connectivity index (χ1v) is 9.88. The fraction of sp³-hybridized carbons (Fsp3) is 0.348. The number of benzene rings is 2.